The van der Waals surface area contributed by atoms with Gasteiger partial charge in [0.15, 0.2) is 27.9 Å². The monoisotopic (exact) mass is 592 g/mol. The van der Waals surface area contributed by atoms with E-state index in [2.05, 4.69) is 88.0 Å². The average molecular weight is 593 g/mol. The summed E-state index contributed by atoms with van der Waals surface area (Å²) in [4.78, 5) is 31.0. The molecule has 0 aliphatic rings. The molecule has 1 aromatic carbocycles. The van der Waals surface area contributed by atoms with Crippen LogP contribution >= 0.6 is 0 Å². The smallest absolute Gasteiger partial charge is 0.256 e. The molecular weight excluding hydrogens is 549 g/mol. The van der Waals surface area contributed by atoms with Gasteiger partial charge in [0.05, 0.1) is 31.0 Å². The van der Waals surface area contributed by atoms with E-state index in [1.54, 1.807) is 18.5 Å². The van der Waals surface area contributed by atoms with E-state index < -0.39 is 16.6 Å². The van der Waals surface area contributed by atoms with Crippen LogP contribution in [0.15, 0.2) is 49.1 Å². The van der Waals surface area contributed by atoms with Gasteiger partial charge >= 0.3 is 0 Å². The largest absolute Gasteiger partial charge is 0.414 e. The molecule has 0 saturated heterocycles. The van der Waals surface area contributed by atoms with Crippen LogP contribution in [0.5, 0.6) is 0 Å². The van der Waals surface area contributed by atoms with E-state index in [1.165, 1.54) is 6.33 Å². The van der Waals surface area contributed by atoms with Crippen LogP contribution in [0.4, 0.5) is 5.82 Å². The summed E-state index contributed by atoms with van der Waals surface area (Å²) in [6, 6.07) is 10.9. The summed E-state index contributed by atoms with van der Waals surface area (Å²) in [6.07, 6.45) is 3.05. The lowest BCUT2D eigenvalue weighted by molar-refractivity contribution is 0.0942. The molecule has 0 fully saturated rings. The standard InChI is InChI=1S/C30H44N6O3Si2/c1-29(2,3)40(7,8)38-18-22(39-41(9,10)30(4,5)6)17-36-20-33-24-16-23-25(34-27(24)36)31-19-32-26(23)35-28(37)21-14-12-11-13-15-21/h11-16,19-20,22H,17-18H2,1-10H3,(H,31,32,34,35,37)/t22-/m0/s1. The lowest BCUT2D eigenvalue weighted by Gasteiger charge is -2.41. The van der Waals surface area contributed by atoms with Gasteiger partial charge in [0.1, 0.15) is 17.7 Å². The molecule has 220 valence electrons. The molecule has 4 aromatic rings. The van der Waals surface area contributed by atoms with Crippen molar-refractivity contribution in [3.8, 4) is 0 Å². The van der Waals surface area contributed by atoms with Gasteiger partial charge in [-0.25, -0.2) is 19.9 Å². The van der Waals surface area contributed by atoms with Crippen LogP contribution in [0.3, 0.4) is 0 Å². The van der Waals surface area contributed by atoms with Gasteiger partial charge < -0.3 is 18.7 Å². The number of aromatic nitrogens is 5. The number of hydrogen-bond acceptors (Lipinski definition) is 7. The Kier molecular flexibility index (Phi) is 8.57. The molecule has 1 N–H and O–H groups in total. The van der Waals surface area contributed by atoms with Gasteiger partial charge in [0, 0.05) is 5.56 Å². The van der Waals surface area contributed by atoms with E-state index in [0.717, 1.165) is 0 Å². The van der Waals surface area contributed by atoms with Crippen LogP contribution in [0.25, 0.3) is 22.2 Å². The van der Waals surface area contributed by atoms with E-state index in [9.17, 15) is 4.79 Å². The maximum atomic E-state index is 12.8. The molecule has 4 rings (SSSR count). The van der Waals surface area contributed by atoms with Crippen molar-refractivity contribution in [2.45, 2.75) is 90.5 Å². The van der Waals surface area contributed by atoms with Crippen molar-refractivity contribution in [2.75, 3.05) is 11.9 Å². The minimum Gasteiger partial charge on any atom is -0.414 e. The van der Waals surface area contributed by atoms with Crippen LogP contribution in [0.1, 0.15) is 51.9 Å². The first kappa shape index (κ1) is 31.0. The quantitative estimate of drug-likeness (QED) is 0.208. The molecule has 9 nitrogen and oxygen atoms in total. The van der Waals surface area contributed by atoms with E-state index in [1.807, 2.05) is 28.8 Å². The minimum atomic E-state index is -2.09. The summed E-state index contributed by atoms with van der Waals surface area (Å²) in [6.45, 7) is 23.6. The van der Waals surface area contributed by atoms with Crippen LogP contribution < -0.4 is 5.32 Å². The molecule has 0 spiro atoms. The summed E-state index contributed by atoms with van der Waals surface area (Å²) in [5, 5.41) is 3.69. The Morgan fingerprint density at radius 2 is 1.61 bits per heavy atom. The fraction of sp³-hybridized carbons (Fsp3) is 0.500. The molecule has 0 unspecified atom stereocenters. The van der Waals surface area contributed by atoms with Crippen molar-refractivity contribution in [2.24, 2.45) is 0 Å². The van der Waals surface area contributed by atoms with Crippen LogP contribution in [-0.4, -0.2) is 59.8 Å². The van der Waals surface area contributed by atoms with Gasteiger partial charge in [0.2, 0.25) is 0 Å². The van der Waals surface area contributed by atoms with Gasteiger partial charge in [-0.15, -0.1) is 0 Å². The summed E-state index contributed by atoms with van der Waals surface area (Å²) >= 11 is 0. The van der Waals surface area contributed by atoms with Crippen molar-refractivity contribution in [3.05, 3.63) is 54.6 Å². The predicted molar refractivity (Wildman–Crippen MR) is 170 cm³/mol. The van der Waals surface area contributed by atoms with Crippen molar-refractivity contribution in [1.82, 2.24) is 24.5 Å². The number of benzene rings is 1. The first-order valence-electron chi connectivity index (χ1n) is 14.1. The van der Waals surface area contributed by atoms with Crippen molar-refractivity contribution < 1.29 is 13.6 Å². The van der Waals surface area contributed by atoms with Gasteiger partial charge in [-0.1, -0.05) is 59.7 Å². The molecule has 0 radical (unpaired) electrons. The number of imidazole rings is 1. The zero-order valence-electron chi connectivity index (χ0n) is 26.1. The van der Waals surface area contributed by atoms with Crippen LogP contribution in [-0.2, 0) is 15.4 Å². The van der Waals surface area contributed by atoms with Gasteiger partial charge in [-0.05, 0) is 54.5 Å². The molecule has 1 atom stereocenters. The molecule has 1 amide bonds. The van der Waals surface area contributed by atoms with Crippen LogP contribution in [0.2, 0.25) is 36.3 Å². The topological polar surface area (TPSA) is 104 Å². The SMILES string of the molecule is CC(C)(C)[Si](C)(C)OC[C@H](Cn1cnc2cc3c(NC(=O)c4ccccc4)ncnc3nc21)O[Si](C)(C)C(C)(C)C. The Hall–Kier alpha value is -3.00. The summed E-state index contributed by atoms with van der Waals surface area (Å²) in [7, 11) is -4.07. The highest BCUT2D eigenvalue weighted by molar-refractivity contribution is 6.74. The molecule has 3 aromatic heterocycles. The maximum absolute atomic E-state index is 12.8. The number of carbonyl (C=O) groups excluding carboxylic acids is 1. The summed E-state index contributed by atoms with van der Waals surface area (Å²) in [5.41, 5.74) is 2.42. The zero-order chi connectivity index (χ0) is 30.2. The van der Waals surface area contributed by atoms with E-state index >= 15 is 0 Å². The van der Waals surface area contributed by atoms with E-state index in [4.69, 9.17) is 13.8 Å². The number of rotatable bonds is 9. The van der Waals surface area contributed by atoms with E-state index in [-0.39, 0.29) is 22.1 Å². The Balaban J connectivity index is 1.65. The van der Waals surface area contributed by atoms with Crippen LogP contribution in [0, 0.1) is 0 Å². The number of anilines is 1. The second-order valence-electron chi connectivity index (χ2n) is 13.7. The number of fused-ring (bicyclic) bond motifs is 2. The third kappa shape index (κ3) is 6.91. The lowest BCUT2D eigenvalue weighted by Crippen LogP contribution is -2.48. The average Bonchev–Trinajstić information content (AvgIpc) is 3.26. The summed E-state index contributed by atoms with van der Waals surface area (Å²) in [5.74, 6) is 0.151. The lowest BCUT2D eigenvalue weighted by atomic mass is 10.2. The predicted octanol–water partition coefficient (Wildman–Crippen LogP) is 7.04. The molecule has 11 heteroatoms. The third-order valence-corrected chi connectivity index (χ3v) is 17.6. The Morgan fingerprint density at radius 3 is 2.24 bits per heavy atom. The molecular formula is C30H44N6O3Si2. The first-order chi connectivity index (χ1) is 19.0. The summed E-state index contributed by atoms with van der Waals surface area (Å²) < 4.78 is 15.6. The first-order valence-corrected chi connectivity index (χ1v) is 19.9. The number of carbonyl (C=O) groups is 1. The normalized spacial score (nSPS) is 14.0. The molecule has 3 heterocycles. The fourth-order valence-corrected chi connectivity index (χ4v) is 6.28. The number of nitrogens with zero attached hydrogens (tertiary/aromatic N) is 5. The third-order valence-electron chi connectivity index (χ3n) is 8.57. The van der Waals surface area contributed by atoms with Gasteiger partial charge in [0.25, 0.3) is 5.91 Å². The fourth-order valence-electron chi connectivity index (χ4n) is 3.92. The highest BCUT2D eigenvalue weighted by atomic mass is 28.4. The Bertz CT molecular complexity index is 1520. The van der Waals surface area contributed by atoms with E-state index in [0.29, 0.717) is 46.7 Å². The minimum absolute atomic E-state index is 0.0607. The molecule has 0 bridgehead atoms. The zero-order valence-corrected chi connectivity index (χ0v) is 28.1. The number of nitrogens with one attached hydrogen (secondary N) is 1. The second-order valence-corrected chi connectivity index (χ2v) is 23.3. The molecule has 0 aliphatic heterocycles. The molecule has 0 aliphatic carbocycles. The van der Waals surface area contributed by atoms with Crippen molar-refractivity contribution >= 4 is 50.6 Å². The number of amides is 1. The van der Waals surface area contributed by atoms with Gasteiger partial charge in [-0.3, -0.25) is 4.79 Å². The maximum Gasteiger partial charge on any atom is 0.256 e. The highest BCUT2D eigenvalue weighted by Gasteiger charge is 2.41. The molecule has 41 heavy (non-hydrogen) atoms. The van der Waals surface area contributed by atoms with Crippen molar-refractivity contribution in [3.63, 3.8) is 0 Å². The second kappa shape index (κ2) is 11.4. The van der Waals surface area contributed by atoms with Crippen molar-refractivity contribution in [1.29, 1.82) is 0 Å². The molecule has 0 saturated carbocycles. The highest BCUT2D eigenvalue weighted by Crippen LogP contribution is 2.39. The Morgan fingerprint density at radius 1 is 0.951 bits per heavy atom. The van der Waals surface area contributed by atoms with Gasteiger partial charge in [-0.2, -0.15) is 0 Å². The Labute approximate surface area is 245 Å². The number of hydrogen-bond donors (Lipinski definition) is 1. The number of pyridine rings is 1.